The fourth-order valence-corrected chi connectivity index (χ4v) is 3.54. The molecule has 2 fully saturated rings. The SMILES string of the molecule is CC1CCCCC12NC(=O)N(CC(=O)c1cccc(F)c1)C2=O. The van der Waals surface area contributed by atoms with Crippen LogP contribution in [0.1, 0.15) is 43.0 Å². The molecule has 0 aromatic heterocycles. The maximum absolute atomic E-state index is 13.2. The van der Waals surface area contributed by atoms with Gasteiger partial charge < -0.3 is 5.32 Å². The highest BCUT2D eigenvalue weighted by atomic mass is 19.1. The Morgan fingerprint density at radius 2 is 2.17 bits per heavy atom. The molecule has 0 radical (unpaired) electrons. The molecule has 122 valence electrons. The summed E-state index contributed by atoms with van der Waals surface area (Å²) >= 11 is 0. The van der Waals surface area contributed by atoms with Gasteiger partial charge in [-0.1, -0.05) is 31.9 Å². The Balaban J connectivity index is 1.79. The van der Waals surface area contributed by atoms with Crippen LogP contribution in [0.4, 0.5) is 9.18 Å². The quantitative estimate of drug-likeness (QED) is 0.688. The van der Waals surface area contributed by atoms with Crippen molar-refractivity contribution in [2.24, 2.45) is 5.92 Å². The number of rotatable bonds is 3. The maximum atomic E-state index is 13.2. The lowest BCUT2D eigenvalue weighted by molar-refractivity contribution is -0.133. The monoisotopic (exact) mass is 318 g/mol. The van der Waals surface area contributed by atoms with Crippen molar-refractivity contribution >= 4 is 17.7 Å². The van der Waals surface area contributed by atoms with E-state index in [4.69, 9.17) is 0 Å². The Kier molecular flexibility index (Phi) is 3.92. The minimum atomic E-state index is -0.877. The molecule has 1 aromatic rings. The van der Waals surface area contributed by atoms with E-state index in [0.29, 0.717) is 6.42 Å². The van der Waals surface area contributed by atoms with Gasteiger partial charge in [0.15, 0.2) is 5.78 Å². The van der Waals surface area contributed by atoms with Gasteiger partial charge in [0, 0.05) is 5.56 Å². The molecule has 1 spiro atoms. The molecule has 2 unspecified atom stereocenters. The molecular weight excluding hydrogens is 299 g/mol. The Bertz CT molecular complexity index is 676. The molecule has 6 heteroatoms. The second-order valence-electron chi connectivity index (χ2n) is 6.37. The van der Waals surface area contributed by atoms with E-state index < -0.39 is 23.2 Å². The van der Waals surface area contributed by atoms with Crippen LogP contribution in [0.3, 0.4) is 0 Å². The van der Waals surface area contributed by atoms with Crippen LogP contribution in [0.5, 0.6) is 0 Å². The summed E-state index contributed by atoms with van der Waals surface area (Å²) in [6, 6.07) is 4.72. The van der Waals surface area contributed by atoms with Crippen LogP contribution in [0.15, 0.2) is 24.3 Å². The van der Waals surface area contributed by atoms with E-state index in [1.165, 1.54) is 18.2 Å². The third kappa shape index (κ3) is 2.62. The van der Waals surface area contributed by atoms with Crippen molar-refractivity contribution in [1.82, 2.24) is 10.2 Å². The zero-order chi connectivity index (χ0) is 16.6. The van der Waals surface area contributed by atoms with Crippen molar-refractivity contribution in [2.75, 3.05) is 6.54 Å². The summed E-state index contributed by atoms with van der Waals surface area (Å²) in [5, 5.41) is 2.80. The highest BCUT2D eigenvalue weighted by molar-refractivity contribution is 6.11. The van der Waals surface area contributed by atoms with E-state index in [1.54, 1.807) is 0 Å². The van der Waals surface area contributed by atoms with Gasteiger partial charge in [0.2, 0.25) is 0 Å². The number of imide groups is 1. The van der Waals surface area contributed by atoms with Gasteiger partial charge in [-0.25, -0.2) is 9.18 Å². The second kappa shape index (κ2) is 5.76. The van der Waals surface area contributed by atoms with E-state index in [2.05, 4.69) is 5.32 Å². The summed E-state index contributed by atoms with van der Waals surface area (Å²) in [7, 11) is 0. The van der Waals surface area contributed by atoms with Gasteiger partial charge in [-0.2, -0.15) is 0 Å². The smallest absolute Gasteiger partial charge is 0.323 e. The predicted octanol–water partition coefficient (Wildman–Crippen LogP) is 2.51. The molecule has 1 heterocycles. The lowest BCUT2D eigenvalue weighted by atomic mass is 9.73. The maximum Gasteiger partial charge on any atom is 0.325 e. The van der Waals surface area contributed by atoms with Crippen LogP contribution in [-0.4, -0.2) is 34.7 Å². The summed E-state index contributed by atoms with van der Waals surface area (Å²) in [6.07, 6.45) is 3.39. The van der Waals surface area contributed by atoms with E-state index >= 15 is 0 Å². The van der Waals surface area contributed by atoms with Gasteiger partial charge in [-0.15, -0.1) is 0 Å². The average Bonchev–Trinajstić information content (AvgIpc) is 2.75. The largest absolute Gasteiger partial charge is 0.325 e. The first-order valence-corrected chi connectivity index (χ1v) is 7.87. The van der Waals surface area contributed by atoms with Gasteiger partial charge in [0.05, 0.1) is 6.54 Å². The van der Waals surface area contributed by atoms with Crippen molar-refractivity contribution in [3.05, 3.63) is 35.6 Å². The molecule has 1 saturated carbocycles. The van der Waals surface area contributed by atoms with Gasteiger partial charge in [0.1, 0.15) is 11.4 Å². The van der Waals surface area contributed by atoms with E-state index in [-0.39, 0.29) is 23.9 Å². The molecule has 1 saturated heterocycles. The van der Waals surface area contributed by atoms with Crippen molar-refractivity contribution in [3.8, 4) is 0 Å². The standard InChI is InChI=1S/C17H19FN2O3/c1-11-5-2-3-8-17(11)15(22)20(16(23)19-17)10-14(21)12-6-4-7-13(18)9-12/h4,6-7,9,11H,2-3,5,8,10H2,1H3,(H,19,23). The number of urea groups is 1. The number of benzene rings is 1. The lowest BCUT2D eigenvalue weighted by Gasteiger charge is -2.36. The first kappa shape index (κ1) is 15.6. The number of ketones is 1. The van der Waals surface area contributed by atoms with Crippen molar-refractivity contribution in [3.63, 3.8) is 0 Å². The molecule has 1 aromatic carbocycles. The van der Waals surface area contributed by atoms with Crippen LogP contribution in [0, 0.1) is 11.7 Å². The Labute approximate surface area is 133 Å². The third-order valence-electron chi connectivity index (χ3n) is 4.95. The highest BCUT2D eigenvalue weighted by Crippen LogP contribution is 2.38. The van der Waals surface area contributed by atoms with Crippen molar-refractivity contribution in [2.45, 2.75) is 38.1 Å². The number of halogens is 1. The lowest BCUT2D eigenvalue weighted by Crippen LogP contribution is -2.54. The fourth-order valence-electron chi connectivity index (χ4n) is 3.54. The highest BCUT2D eigenvalue weighted by Gasteiger charge is 2.55. The number of amides is 3. The molecule has 5 nitrogen and oxygen atoms in total. The fraction of sp³-hybridized carbons (Fsp3) is 0.471. The first-order valence-electron chi connectivity index (χ1n) is 7.87. The summed E-state index contributed by atoms with van der Waals surface area (Å²) in [5.41, 5.74) is -0.722. The predicted molar refractivity (Wildman–Crippen MR) is 81.3 cm³/mol. The number of carbonyl (C=O) groups excluding carboxylic acids is 3. The molecule has 1 aliphatic heterocycles. The van der Waals surface area contributed by atoms with Crippen molar-refractivity contribution in [1.29, 1.82) is 0 Å². The zero-order valence-corrected chi connectivity index (χ0v) is 13.0. The molecule has 1 aliphatic carbocycles. The Hall–Kier alpha value is -2.24. The topological polar surface area (TPSA) is 66.5 Å². The van der Waals surface area contributed by atoms with Crippen molar-refractivity contribution < 1.29 is 18.8 Å². The number of hydrogen-bond acceptors (Lipinski definition) is 3. The molecule has 23 heavy (non-hydrogen) atoms. The number of Topliss-reactive ketones (excluding diaryl/α,β-unsaturated/α-hetero) is 1. The molecule has 3 amide bonds. The minimum Gasteiger partial charge on any atom is -0.323 e. The van der Waals surface area contributed by atoms with Crippen LogP contribution >= 0.6 is 0 Å². The van der Waals surface area contributed by atoms with Crippen LogP contribution in [0.25, 0.3) is 0 Å². The normalized spacial score (nSPS) is 27.4. The molecule has 0 bridgehead atoms. The number of nitrogens with one attached hydrogen (secondary N) is 1. The average molecular weight is 318 g/mol. The van der Waals surface area contributed by atoms with E-state index in [9.17, 15) is 18.8 Å². The van der Waals surface area contributed by atoms with E-state index in [1.807, 2.05) is 6.92 Å². The molecule has 1 N–H and O–H groups in total. The van der Waals surface area contributed by atoms with Gasteiger partial charge in [0.25, 0.3) is 5.91 Å². The Morgan fingerprint density at radius 1 is 1.39 bits per heavy atom. The number of hydrogen-bond donors (Lipinski definition) is 1. The molecule has 2 aliphatic rings. The van der Waals surface area contributed by atoms with Gasteiger partial charge in [-0.05, 0) is 30.9 Å². The summed E-state index contributed by atoms with van der Waals surface area (Å²) < 4.78 is 13.2. The third-order valence-corrected chi connectivity index (χ3v) is 4.95. The summed E-state index contributed by atoms with van der Waals surface area (Å²) in [6.45, 7) is 1.60. The second-order valence-corrected chi connectivity index (χ2v) is 6.37. The summed E-state index contributed by atoms with van der Waals surface area (Å²) in [5.74, 6) is -1.26. The van der Waals surface area contributed by atoms with Crippen LogP contribution in [-0.2, 0) is 4.79 Å². The van der Waals surface area contributed by atoms with E-state index in [0.717, 1.165) is 30.2 Å². The first-order chi connectivity index (χ1) is 10.9. The molecule has 2 atom stereocenters. The van der Waals surface area contributed by atoms with Gasteiger partial charge >= 0.3 is 6.03 Å². The zero-order valence-electron chi connectivity index (χ0n) is 13.0. The molecule has 3 rings (SSSR count). The Morgan fingerprint density at radius 3 is 2.87 bits per heavy atom. The summed E-state index contributed by atoms with van der Waals surface area (Å²) in [4.78, 5) is 38.2. The van der Waals surface area contributed by atoms with Gasteiger partial charge in [-0.3, -0.25) is 14.5 Å². The van der Waals surface area contributed by atoms with Crippen LogP contribution < -0.4 is 5.32 Å². The minimum absolute atomic E-state index is 0.0435. The molecular formula is C17H19FN2O3. The number of carbonyl (C=O) groups is 3. The number of nitrogens with zero attached hydrogens (tertiary/aromatic N) is 1. The van der Waals surface area contributed by atoms with Crippen LogP contribution in [0.2, 0.25) is 0 Å².